The standard InChI is InChI=1S/C12H23O2P.C12H17O2P.C12H11O2P.C12H25O2P.C8H19O2P.C2H7O2P/c3*13-15(14,11-7-3-1-4-8-11)12-9-5-2-6-10-12;1-2-3-4-8-11-15(13,14)12-9-6-5-7-10-12;1-3-5-7-11(9,10)8-6-4-2;1-5(2,3)4/h11-12H,1-10H2,(H,13,14);1,3-4,7-8,12H,2,5-6,9-10H2,(H,13,14);1-10H,(H,13,14);12H,2-11H2,1H3,(H,13,14);3-8H2,1-2H3,(H,9,10);1-2H3,(H,3,4). The monoisotopic (exact) mass is 1180 g/mol. The van der Waals surface area contributed by atoms with Crippen molar-refractivity contribution in [2.45, 2.75) is 223 Å². The summed E-state index contributed by atoms with van der Waals surface area (Å²) in [7, 11) is -17.5. The maximum atomic E-state index is 12.5. The fourth-order valence-electron chi connectivity index (χ4n) is 10.2. The smallest absolute Gasteiger partial charge is 0.258 e. The molecule has 0 heterocycles. The molecule has 12 nitrogen and oxygen atoms in total. The van der Waals surface area contributed by atoms with Gasteiger partial charge in [-0.1, -0.05) is 185 Å². The van der Waals surface area contributed by atoms with Gasteiger partial charge in [-0.3, -0.25) is 27.4 Å². The zero-order valence-electron chi connectivity index (χ0n) is 47.2. The minimum atomic E-state index is -3.40. The van der Waals surface area contributed by atoms with Gasteiger partial charge < -0.3 is 29.4 Å². The predicted molar refractivity (Wildman–Crippen MR) is 325 cm³/mol. The molecule has 0 radical (unpaired) electrons. The molecule has 2 atom stereocenters. The van der Waals surface area contributed by atoms with Gasteiger partial charge in [-0.25, -0.2) is 0 Å². The molecule has 76 heavy (non-hydrogen) atoms. The van der Waals surface area contributed by atoms with Crippen LogP contribution in [0.25, 0.3) is 0 Å². The van der Waals surface area contributed by atoms with Crippen LogP contribution < -0.4 is 15.9 Å². The highest BCUT2D eigenvalue weighted by Crippen LogP contribution is 2.59. The first-order valence-corrected chi connectivity index (χ1v) is 40.6. The lowest BCUT2D eigenvalue weighted by Crippen LogP contribution is -2.23. The van der Waals surface area contributed by atoms with Gasteiger partial charge in [0.25, 0.3) is 7.37 Å². The van der Waals surface area contributed by atoms with E-state index < -0.39 is 44.2 Å². The van der Waals surface area contributed by atoms with E-state index in [9.17, 15) is 51.9 Å². The van der Waals surface area contributed by atoms with Gasteiger partial charge in [-0.05, 0) is 107 Å². The Bertz CT molecular complexity index is 2170. The lowest BCUT2D eigenvalue weighted by atomic mass is 10.00. The summed E-state index contributed by atoms with van der Waals surface area (Å²) >= 11 is 0. The maximum Gasteiger partial charge on any atom is 0.258 e. The molecule has 4 fully saturated rings. The zero-order chi connectivity index (χ0) is 56.6. The van der Waals surface area contributed by atoms with Gasteiger partial charge in [-0.2, -0.15) is 0 Å². The van der Waals surface area contributed by atoms with Crippen molar-refractivity contribution < 1.29 is 56.8 Å². The second-order valence-electron chi connectivity index (χ2n) is 21.9. The Morgan fingerprint density at radius 2 is 0.671 bits per heavy atom. The van der Waals surface area contributed by atoms with Crippen molar-refractivity contribution in [1.29, 1.82) is 0 Å². The lowest BCUT2D eigenvalue weighted by molar-refractivity contribution is 0.386. The summed E-state index contributed by atoms with van der Waals surface area (Å²) in [4.78, 5) is 57.9. The van der Waals surface area contributed by atoms with Gasteiger partial charge in [0.1, 0.15) is 0 Å². The number of rotatable bonds is 18. The van der Waals surface area contributed by atoms with Crippen molar-refractivity contribution in [2.75, 3.05) is 31.8 Å². The molecule has 0 aliphatic heterocycles. The van der Waals surface area contributed by atoms with Gasteiger partial charge in [0.15, 0.2) is 7.37 Å². The number of unbranched alkanes of at least 4 members (excludes halogenated alkanes) is 5. The minimum absolute atomic E-state index is 0.00588. The van der Waals surface area contributed by atoms with E-state index in [1.54, 1.807) is 60.7 Å². The SMILES string of the molecule is CCCCCCP(=O)(O)C1CCCCC1.CCCCP(=O)(O)CCCC.CP(C)(=O)O.O=P(O)(C1CCCCC1)C1CCCCC1.O=P(O)(c1ccccc1)C1CCCCC1.O=P(O)(c1ccccc1)c1ccccc1. The normalized spacial score (nSPS) is 18.8. The summed E-state index contributed by atoms with van der Waals surface area (Å²) in [5.41, 5.74) is 0.422. The second-order valence-corrected chi connectivity index (χ2v) is 37.2. The highest BCUT2D eigenvalue weighted by molar-refractivity contribution is 7.73. The quantitative estimate of drug-likeness (QED) is 0.0517. The first-order valence-electron chi connectivity index (χ1n) is 29.0. The molecule has 0 saturated heterocycles. The Hall–Kier alpha value is -1.20. The third kappa shape index (κ3) is 29.0. The molecule has 7 rings (SSSR count). The van der Waals surface area contributed by atoms with E-state index in [0.717, 1.165) is 116 Å². The fraction of sp³-hybridized carbons (Fsp3) is 0.690. The third-order valence-electron chi connectivity index (χ3n) is 14.8. The minimum Gasteiger partial charge on any atom is -0.345 e. The number of benzene rings is 3. The summed E-state index contributed by atoms with van der Waals surface area (Å²) in [6, 6.07) is 26.5. The van der Waals surface area contributed by atoms with E-state index in [4.69, 9.17) is 4.89 Å². The van der Waals surface area contributed by atoms with Gasteiger partial charge in [0.05, 0.1) is 0 Å². The number of hydrogen-bond donors (Lipinski definition) is 6. The predicted octanol–water partition coefficient (Wildman–Crippen LogP) is 16.3. The van der Waals surface area contributed by atoms with E-state index in [2.05, 4.69) is 6.92 Å². The molecular weight excluding hydrogens is 1070 g/mol. The van der Waals surface area contributed by atoms with Gasteiger partial charge in [0.2, 0.25) is 29.5 Å². The highest BCUT2D eigenvalue weighted by atomic mass is 31.2. The van der Waals surface area contributed by atoms with E-state index in [-0.39, 0.29) is 22.6 Å². The molecule has 2 unspecified atom stereocenters. The van der Waals surface area contributed by atoms with Crippen molar-refractivity contribution in [1.82, 2.24) is 0 Å². The van der Waals surface area contributed by atoms with Crippen LogP contribution in [0, 0.1) is 0 Å². The molecule has 0 amide bonds. The zero-order valence-corrected chi connectivity index (χ0v) is 52.6. The van der Waals surface area contributed by atoms with E-state index in [1.165, 1.54) is 77.5 Å². The Labute approximate surface area is 460 Å². The summed E-state index contributed by atoms with van der Waals surface area (Å²) < 4.78 is 70.1. The van der Waals surface area contributed by atoms with Crippen LogP contribution in [0.1, 0.15) is 201 Å². The molecule has 4 aliphatic carbocycles. The van der Waals surface area contributed by atoms with Gasteiger partial charge in [0, 0.05) is 70.4 Å². The van der Waals surface area contributed by atoms with Crippen LogP contribution in [-0.4, -0.2) is 83.8 Å². The molecule has 6 N–H and O–H groups in total. The average Bonchev–Trinajstić information content (AvgIpc) is 3.43. The third-order valence-corrected chi connectivity index (χ3v) is 27.1. The lowest BCUT2D eigenvalue weighted by Gasteiger charge is -2.34. The summed E-state index contributed by atoms with van der Waals surface area (Å²) in [6.07, 6.45) is 31.8. The molecule has 3 aromatic rings. The molecule has 0 aromatic heterocycles. The molecule has 3 aromatic carbocycles. The Morgan fingerprint density at radius 1 is 0.368 bits per heavy atom. The Kier molecular flexibility index (Phi) is 35.2. The molecule has 18 heteroatoms. The maximum absolute atomic E-state index is 12.5. The Morgan fingerprint density at radius 3 is 1.00 bits per heavy atom. The van der Waals surface area contributed by atoms with E-state index >= 15 is 0 Å². The highest BCUT2D eigenvalue weighted by Gasteiger charge is 2.40. The molecule has 436 valence electrons. The number of hydrogen-bond acceptors (Lipinski definition) is 6. The van der Waals surface area contributed by atoms with Crippen LogP contribution in [0.2, 0.25) is 0 Å². The summed E-state index contributed by atoms with van der Waals surface area (Å²) in [5, 5.41) is 1.56. The van der Waals surface area contributed by atoms with Gasteiger partial charge >= 0.3 is 0 Å². The van der Waals surface area contributed by atoms with Crippen LogP contribution in [0.3, 0.4) is 0 Å². The van der Waals surface area contributed by atoms with Crippen molar-refractivity contribution in [3.8, 4) is 0 Å². The first-order chi connectivity index (χ1) is 35.9. The van der Waals surface area contributed by atoms with Crippen LogP contribution in [0.4, 0.5) is 0 Å². The van der Waals surface area contributed by atoms with Crippen molar-refractivity contribution in [3.63, 3.8) is 0 Å². The van der Waals surface area contributed by atoms with E-state index in [0.29, 0.717) is 34.4 Å². The van der Waals surface area contributed by atoms with Gasteiger partial charge in [-0.15, -0.1) is 0 Å². The topological polar surface area (TPSA) is 224 Å². The molecular formula is C58H102O12P6. The second kappa shape index (κ2) is 37.7. The average molecular weight is 1180 g/mol. The molecule has 0 spiro atoms. The van der Waals surface area contributed by atoms with Crippen LogP contribution in [-0.2, 0) is 27.4 Å². The summed E-state index contributed by atoms with van der Waals surface area (Å²) in [6.45, 7) is 8.85. The first kappa shape index (κ1) is 70.9. The van der Waals surface area contributed by atoms with Crippen molar-refractivity contribution >= 4 is 60.1 Å². The van der Waals surface area contributed by atoms with Crippen LogP contribution in [0.5, 0.6) is 0 Å². The Balaban J connectivity index is 0.000000319. The van der Waals surface area contributed by atoms with Crippen LogP contribution in [0.15, 0.2) is 91.0 Å². The largest absolute Gasteiger partial charge is 0.345 e. The van der Waals surface area contributed by atoms with Crippen molar-refractivity contribution in [2.24, 2.45) is 0 Å². The van der Waals surface area contributed by atoms with Crippen LogP contribution >= 0.6 is 44.2 Å². The van der Waals surface area contributed by atoms with Crippen molar-refractivity contribution in [3.05, 3.63) is 91.0 Å². The fourth-order valence-corrected chi connectivity index (χ4v) is 20.6. The molecule has 4 aliphatic rings. The molecule has 0 bridgehead atoms. The summed E-state index contributed by atoms with van der Waals surface area (Å²) in [5.74, 6) is 0. The van der Waals surface area contributed by atoms with E-state index in [1.807, 2.05) is 44.2 Å². The molecule has 4 saturated carbocycles.